The molecule has 3 aromatic rings. The molecular formula is C17H18N2. The minimum atomic E-state index is 1.03. The lowest BCUT2D eigenvalue weighted by atomic mass is 10.0. The van der Waals surface area contributed by atoms with Crippen molar-refractivity contribution in [2.45, 2.75) is 27.7 Å². The Labute approximate surface area is 113 Å². The van der Waals surface area contributed by atoms with Crippen molar-refractivity contribution in [3.63, 3.8) is 0 Å². The van der Waals surface area contributed by atoms with E-state index in [2.05, 4.69) is 67.6 Å². The van der Waals surface area contributed by atoms with Gasteiger partial charge in [0.15, 0.2) is 0 Å². The van der Waals surface area contributed by atoms with Crippen LogP contribution in [0.2, 0.25) is 0 Å². The first-order valence-corrected chi connectivity index (χ1v) is 6.61. The van der Waals surface area contributed by atoms with Gasteiger partial charge in [-0.3, -0.25) is 4.57 Å². The number of aromatic nitrogens is 2. The normalized spacial score (nSPS) is 11.2. The molecule has 0 bridgehead atoms. The van der Waals surface area contributed by atoms with E-state index in [0.29, 0.717) is 0 Å². The zero-order chi connectivity index (χ0) is 13.6. The largest absolute Gasteiger partial charge is 0.296 e. The van der Waals surface area contributed by atoms with Crippen molar-refractivity contribution in [2.75, 3.05) is 0 Å². The fourth-order valence-electron chi connectivity index (χ4n) is 2.63. The third-order valence-corrected chi connectivity index (χ3v) is 4.00. The lowest BCUT2D eigenvalue weighted by molar-refractivity contribution is 0.983. The number of fused-ring (bicyclic) bond motifs is 1. The highest BCUT2D eigenvalue weighted by Gasteiger charge is 2.12. The van der Waals surface area contributed by atoms with Gasteiger partial charge in [0.1, 0.15) is 5.82 Å². The summed E-state index contributed by atoms with van der Waals surface area (Å²) in [5, 5.41) is 0. The van der Waals surface area contributed by atoms with E-state index in [0.717, 1.165) is 11.3 Å². The van der Waals surface area contributed by atoms with Crippen molar-refractivity contribution in [3.05, 3.63) is 58.9 Å². The number of para-hydroxylation sites is 2. The maximum absolute atomic E-state index is 4.65. The first kappa shape index (κ1) is 12.0. The minimum Gasteiger partial charge on any atom is -0.296 e. The second-order valence-electron chi connectivity index (χ2n) is 5.13. The van der Waals surface area contributed by atoms with Crippen LogP contribution in [0.3, 0.4) is 0 Å². The number of aryl methyl sites for hydroxylation is 2. The summed E-state index contributed by atoms with van der Waals surface area (Å²) in [6.07, 6.45) is 0. The number of imidazole rings is 1. The summed E-state index contributed by atoms with van der Waals surface area (Å²) < 4.78 is 2.25. The highest BCUT2D eigenvalue weighted by molar-refractivity contribution is 5.78. The molecule has 0 aliphatic rings. The standard InChI is InChI=1S/C17H18N2/c1-11-9-10-16(13(3)12(11)2)19-14(4)18-15-7-5-6-8-17(15)19/h5-10H,1-4H3. The van der Waals surface area contributed by atoms with Crippen molar-refractivity contribution in [1.29, 1.82) is 0 Å². The Hall–Kier alpha value is -2.09. The lowest BCUT2D eigenvalue weighted by Gasteiger charge is -2.14. The molecule has 0 spiro atoms. The van der Waals surface area contributed by atoms with E-state index >= 15 is 0 Å². The fraction of sp³-hybridized carbons (Fsp3) is 0.235. The average Bonchev–Trinajstić information content (AvgIpc) is 2.73. The van der Waals surface area contributed by atoms with Gasteiger partial charge in [0.05, 0.1) is 16.7 Å². The van der Waals surface area contributed by atoms with E-state index < -0.39 is 0 Å². The van der Waals surface area contributed by atoms with E-state index in [-0.39, 0.29) is 0 Å². The summed E-state index contributed by atoms with van der Waals surface area (Å²) in [6, 6.07) is 12.7. The van der Waals surface area contributed by atoms with Gasteiger partial charge in [0.2, 0.25) is 0 Å². The Balaban J connectivity index is 2.37. The summed E-state index contributed by atoms with van der Waals surface area (Å²) in [7, 11) is 0. The van der Waals surface area contributed by atoms with Gasteiger partial charge in [-0.15, -0.1) is 0 Å². The van der Waals surface area contributed by atoms with E-state index in [4.69, 9.17) is 0 Å². The first-order valence-electron chi connectivity index (χ1n) is 6.61. The van der Waals surface area contributed by atoms with Gasteiger partial charge in [-0.2, -0.15) is 0 Å². The molecule has 0 aliphatic carbocycles. The monoisotopic (exact) mass is 250 g/mol. The van der Waals surface area contributed by atoms with Crippen LogP contribution in [0, 0.1) is 27.7 Å². The van der Waals surface area contributed by atoms with Crippen LogP contribution in [0.1, 0.15) is 22.5 Å². The summed E-state index contributed by atoms with van der Waals surface area (Å²) in [6.45, 7) is 8.59. The predicted molar refractivity (Wildman–Crippen MR) is 80.0 cm³/mol. The molecule has 0 saturated carbocycles. The zero-order valence-electron chi connectivity index (χ0n) is 11.9. The van der Waals surface area contributed by atoms with Crippen molar-refractivity contribution >= 4 is 11.0 Å². The molecule has 2 heteroatoms. The molecule has 3 rings (SSSR count). The average molecular weight is 250 g/mol. The zero-order valence-corrected chi connectivity index (χ0v) is 11.9. The van der Waals surface area contributed by atoms with E-state index in [1.807, 2.05) is 6.07 Å². The molecule has 96 valence electrons. The molecule has 1 aromatic heterocycles. The van der Waals surface area contributed by atoms with Crippen LogP contribution in [0.5, 0.6) is 0 Å². The smallest absolute Gasteiger partial charge is 0.111 e. The van der Waals surface area contributed by atoms with E-state index in [1.165, 1.54) is 27.9 Å². The van der Waals surface area contributed by atoms with Gasteiger partial charge < -0.3 is 0 Å². The molecule has 19 heavy (non-hydrogen) atoms. The molecule has 0 amide bonds. The lowest BCUT2D eigenvalue weighted by Crippen LogP contribution is -2.01. The van der Waals surface area contributed by atoms with Crippen LogP contribution in [0.4, 0.5) is 0 Å². The van der Waals surface area contributed by atoms with Gasteiger partial charge in [-0.25, -0.2) is 4.98 Å². The molecule has 2 aromatic carbocycles. The Morgan fingerprint density at radius 1 is 0.842 bits per heavy atom. The third-order valence-electron chi connectivity index (χ3n) is 4.00. The minimum absolute atomic E-state index is 1.03. The number of nitrogens with zero attached hydrogens (tertiary/aromatic N) is 2. The van der Waals surface area contributed by atoms with E-state index in [1.54, 1.807) is 0 Å². The summed E-state index contributed by atoms with van der Waals surface area (Å²) in [5.74, 6) is 1.03. The number of hydrogen-bond acceptors (Lipinski definition) is 1. The van der Waals surface area contributed by atoms with Gasteiger partial charge >= 0.3 is 0 Å². The molecule has 2 nitrogen and oxygen atoms in total. The van der Waals surface area contributed by atoms with Crippen molar-refractivity contribution < 1.29 is 0 Å². The first-order chi connectivity index (χ1) is 9.09. The van der Waals surface area contributed by atoms with Crippen LogP contribution < -0.4 is 0 Å². The second-order valence-corrected chi connectivity index (χ2v) is 5.13. The maximum atomic E-state index is 4.65. The van der Waals surface area contributed by atoms with Crippen LogP contribution in [-0.2, 0) is 0 Å². The summed E-state index contributed by atoms with van der Waals surface area (Å²) in [5.41, 5.74) is 7.47. The van der Waals surface area contributed by atoms with Crippen LogP contribution >= 0.6 is 0 Å². The van der Waals surface area contributed by atoms with E-state index in [9.17, 15) is 0 Å². The predicted octanol–water partition coefficient (Wildman–Crippen LogP) is 4.26. The SMILES string of the molecule is Cc1ccc(-n2c(C)nc3ccccc32)c(C)c1C. The molecule has 0 N–H and O–H groups in total. The molecule has 0 saturated heterocycles. The topological polar surface area (TPSA) is 17.8 Å². The molecule has 0 atom stereocenters. The van der Waals surface area contributed by atoms with Gasteiger partial charge in [0.25, 0.3) is 0 Å². The Morgan fingerprint density at radius 3 is 2.37 bits per heavy atom. The molecule has 0 fully saturated rings. The number of hydrogen-bond donors (Lipinski definition) is 0. The van der Waals surface area contributed by atoms with Crippen LogP contribution in [0.25, 0.3) is 16.7 Å². The fourth-order valence-corrected chi connectivity index (χ4v) is 2.63. The Bertz CT molecular complexity index is 766. The summed E-state index contributed by atoms with van der Waals surface area (Å²) >= 11 is 0. The Morgan fingerprint density at radius 2 is 1.58 bits per heavy atom. The summed E-state index contributed by atoms with van der Waals surface area (Å²) in [4.78, 5) is 4.65. The molecule has 0 unspecified atom stereocenters. The van der Waals surface area contributed by atoms with Gasteiger partial charge in [0, 0.05) is 0 Å². The maximum Gasteiger partial charge on any atom is 0.111 e. The van der Waals surface area contributed by atoms with Crippen molar-refractivity contribution in [1.82, 2.24) is 9.55 Å². The van der Waals surface area contributed by atoms with Crippen molar-refractivity contribution in [3.8, 4) is 5.69 Å². The molecular weight excluding hydrogens is 232 g/mol. The van der Waals surface area contributed by atoms with Crippen LogP contribution in [0.15, 0.2) is 36.4 Å². The highest BCUT2D eigenvalue weighted by Crippen LogP contribution is 2.26. The molecule has 0 radical (unpaired) electrons. The molecule has 1 heterocycles. The number of benzene rings is 2. The highest BCUT2D eigenvalue weighted by atomic mass is 15.1. The molecule has 0 aliphatic heterocycles. The van der Waals surface area contributed by atoms with Gasteiger partial charge in [-0.05, 0) is 62.6 Å². The quantitative estimate of drug-likeness (QED) is 0.631. The third kappa shape index (κ3) is 1.75. The van der Waals surface area contributed by atoms with Gasteiger partial charge in [-0.1, -0.05) is 18.2 Å². The van der Waals surface area contributed by atoms with Crippen LogP contribution in [-0.4, -0.2) is 9.55 Å². The second kappa shape index (κ2) is 4.23. The van der Waals surface area contributed by atoms with Crippen molar-refractivity contribution in [2.24, 2.45) is 0 Å². The Kier molecular flexibility index (Phi) is 2.67. The number of rotatable bonds is 1.